The van der Waals surface area contributed by atoms with Gasteiger partial charge in [-0.1, -0.05) is 0 Å². The zero-order chi connectivity index (χ0) is 4.50. The molecule has 0 aliphatic carbocycles. The quantitative estimate of drug-likeness (QED) is 0.257. The van der Waals surface area contributed by atoms with Crippen LogP contribution in [0.3, 0.4) is 0 Å². The van der Waals surface area contributed by atoms with Crippen molar-refractivity contribution in [2.24, 2.45) is 0 Å². The van der Waals surface area contributed by atoms with Gasteiger partial charge in [0.1, 0.15) is 0 Å². The minimum absolute atomic E-state index is 0. The van der Waals surface area contributed by atoms with Gasteiger partial charge in [0.2, 0.25) is 0 Å². The van der Waals surface area contributed by atoms with Crippen LogP contribution < -0.4 is 0 Å². The topological polar surface area (TPSA) is 109 Å². The summed E-state index contributed by atoms with van der Waals surface area (Å²) in [6.45, 7) is 0. The van der Waals surface area contributed by atoms with Gasteiger partial charge in [-0.05, 0) is 0 Å². The first kappa shape index (κ1) is 15.7. The molecule has 0 saturated heterocycles. The van der Waals surface area contributed by atoms with Gasteiger partial charge in [-0.2, -0.15) is 0 Å². The van der Waals surface area contributed by atoms with Crippen molar-refractivity contribution in [1.82, 2.24) is 0 Å². The van der Waals surface area contributed by atoms with Crippen molar-refractivity contribution >= 4 is 37.4 Å². The Hall–Kier alpha value is 1.07. The third kappa shape index (κ3) is 159. The minimum atomic E-state index is -4.64. The van der Waals surface area contributed by atoms with Crippen LogP contribution in [0.5, 0.6) is 0 Å². The van der Waals surface area contributed by atoms with Gasteiger partial charge in [-0.15, -0.1) is 0 Å². The standard InChI is InChI=1S/Na.H3O4P.H2O.H/c;1-5(2,3)4;;/h;(H3,1,2,3,4);1H2;. The van der Waals surface area contributed by atoms with Crippen LogP contribution in [0.4, 0.5) is 0 Å². The second-order valence-electron chi connectivity index (χ2n) is 0.513. The average Bonchev–Trinajstić information content (AvgIpc) is 0.722. The van der Waals surface area contributed by atoms with Crippen LogP contribution in [-0.4, -0.2) is 49.7 Å². The summed E-state index contributed by atoms with van der Waals surface area (Å²) >= 11 is 0. The summed E-state index contributed by atoms with van der Waals surface area (Å²) in [6.07, 6.45) is 0. The van der Waals surface area contributed by atoms with E-state index in [2.05, 4.69) is 0 Å². The summed E-state index contributed by atoms with van der Waals surface area (Å²) in [4.78, 5) is 21.6. The summed E-state index contributed by atoms with van der Waals surface area (Å²) in [7, 11) is -4.64. The van der Waals surface area contributed by atoms with Crippen molar-refractivity contribution < 1.29 is 24.7 Å². The molecule has 0 bridgehead atoms. The fraction of sp³-hybridized carbons (Fsp3) is 0. The van der Waals surface area contributed by atoms with Crippen LogP contribution in [-0.2, 0) is 4.57 Å². The second-order valence-corrected chi connectivity index (χ2v) is 1.54. The van der Waals surface area contributed by atoms with Crippen LogP contribution in [0.25, 0.3) is 0 Å². The third-order valence-corrected chi connectivity index (χ3v) is 0. The Labute approximate surface area is 62.2 Å². The molecule has 0 fully saturated rings. The van der Waals surface area contributed by atoms with E-state index in [1.807, 2.05) is 0 Å². The summed E-state index contributed by atoms with van der Waals surface area (Å²) in [5.74, 6) is 0. The molecular formula is H6NaO5P. The number of hydrogen-bond donors (Lipinski definition) is 3. The van der Waals surface area contributed by atoms with E-state index in [9.17, 15) is 0 Å². The van der Waals surface area contributed by atoms with E-state index < -0.39 is 7.82 Å². The van der Waals surface area contributed by atoms with E-state index in [1.165, 1.54) is 0 Å². The van der Waals surface area contributed by atoms with Gasteiger partial charge in [0.05, 0.1) is 0 Å². The van der Waals surface area contributed by atoms with Gasteiger partial charge in [0, 0.05) is 0 Å². The van der Waals surface area contributed by atoms with Gasteiger partial charge in [-0.3, -0.25) is 0 Å². The van der Waals surface area contributed by atoms with Gasteiger partial charge >= 0.3 is 37.4 Å². The Balaban J connectivity index is -0.0000000800. The van der Waals surface area contributed by atoms with Gasteiger partial charge in [0.25, 0.3) is 0 Å². The van der Waals surface area contributed by atoms with Crippen LogP contribution >= 0.6 is 7.82 Å². The zero-order valence-electron chi connectivity index (χ0n) is 2.70. The molecule has 0 radical (unpaired) electrons. The second kappa shape index (κ2) is 5.21. The molecule has 7 heteroatoms. The fourth-order valence-corrected chi connectivity index (χ4v) is 0. The predicted molar refractivity (Wildman–Crippen MR) is 25.0 cm³/mol. The van der Waals surface area contributed by atoms with Crippen molar-refractivity contribution in [2.75, 3.05) is 0 Å². The van der Waals surface area contributed by atoms with E-state index in [1.54, 1.807) is 0 Å². The molecule has 5 nitrogen and oxygen atoms in total. The molecule has 0 aromatic carbocycles. The van der Waals surface area contributed by atoms with Crippen LogP contribution in [0.2, 0.25) is 0 Å². The molecule has 42 valence electrons. The summed E-state index contributed by atoms with van der Waals surface area (Å²) in [6, 6.07) is 0. The molecule has 0 aliphatic heterocycles. The molecule has 5 N–H and O–H groups in total. The molecule has 0 atom stereocenters. The first-order chi connectivity index (χ1) is 2.00. The van der Waals surface area contributed by atoms with E-state index in [-0.39, 0.29) is 35.0 Å². The predicted octanol–water partition coefficient (Wildman–Crippen LogP) is -2.40. The van der Waals surface area contributed by atoms with E-state index >= 15 is 0 Å². The molecule has 0 heterocycles. The van der Waals surface area contributed by atoms with Crippen molar-refractivity contribution in [1.29, 1.82) is 0 Å². The van der Waals surface area contributed by atoms with Gasteiger partial charge in [-0.25, -0.2) is 4.57 Å². The molecule has 0 aliphatic rings. The first-order valence-electron chi connectivity index (χ1n) is 0.783. The Kier molecular flexibility index (Phi) is 11.7. The molecule has 0 amide bonds. The molecule has 0 unspecified atom stereocenters. The first-order valence-corrected chi connectivity index (χ1v) is 2.35. The van der Waals surface area contributed by atoms with Crippen molar-refractivity contribution in [3.63, 3.8) is 0 Å². The average molecular weight is 140 g/mol. The third-order valence-electron chi connectivity index (χ3n) is 0. The Morgan fingerprint density at radius 2 is 1.14 bits per heavy atom. The van der Waals surface area contributed by atoms with E-state index in [0.29, 0.717) is 0 Å². The molecule has 0 rings (SSSR count). The summed E-state index contributed by atoms with van der Waals surface area (Å²) in [5, 5.41) is 0. The molecule has 7 heavy (non-hydrogen) atoms. The van der Waals surface area contributed by atoms with Gasteiger partial charge < -0.3 is 20.2 Å². The number of hydrogen-bond acceptors (Lipinski definition) is 1. The van der Waals surface area contributed by atoms with Crippen molar-refractivity contribution in [2.45, 2.75) is 0 Å². The van der Waals surface area contributed by atoms with Crippen LogP contribution in [0, 0.1) is 0 Å². The normalized spacial score (nSPS) is 8.43. The van der Waals surface area contributed by atoms with Crippen LogP contribution in [0.1, 0.15) is 0 Å². The SMILES string of the molecule is O.O=P(O)(O)O.[NaH]. The molecule has 0 saturated carbocycles. The maximum atomic E-state index is 8.88. The Bertz CT molecular complexity index is 54.2. The maximum absolute atomic E-state index is 8.88. The van der Waals surface area contributed by atoms with E-state index in [0.717, 1.165) is 0 Å². The molecular weight excluding hydrogens is 134 g/mol. The number of phosphoric acid groups is 1. The molecule has 0 spiro atoms. The summed E-state index contributed by atoms with van der Waals surface area (Å²) in [5.41, 5.74) is 0. The fourth-order valence-electron chi connectivity index (χ4n) is 0. The van der Waals surface area contributed by atoms with Gasteiger partial charge in [0.15, 0.2) is 0 Å². The molecule has 0 aromatic rings. The summed E-state index contributed by atoms with van der Waals surface area (Å²) < 4.78 is 8.88. The van der Waals surface area contributed by atoms with Crippen molar-refractivity contribution in [3.05, 3.63) is 0 Å². The zero-order valence-corrected chi connectivity index (χ0v) is 3.59. The Morgan fingerprint density at radius 3 is 1.14 bits per heavy atom. The number of rotatable bonds is 0. The van der Waals surface area contributed by atoms with E-state index in [4.69, 9.17) is 19.2 Å². The monoisotopic (exact) mass is 140 g/mol. The van der Waals surface area contributed by atoms with Crippen molar-refractivity contribution in [3.8, 4) is 0 Å². The molecule has 0 aromatic heterocycles. The van der Waals surface area contributed by atoms with Crippen LogP contribution in [0.15, 0.2) is 0 Å². The Morgan fingerprint density at radius 1 is 1.14 bits per heavy atom.